The smallest absolute Gasteiger partial charge is 0.376 e. The second-order valence-electron chi connectivity index (χ2n) is 4.87. The molecule has 1 heterocycles. The van der Waals surface area contributed by atoms with Gasteiger partial charge in [-0.05, 0) is 12.8 Å². The Balaban J connectivity index is 2.48. The largest absolute Gasteiger partial charge is 0.465 e. The average Bonchev–Trinajstić information content (AvgIpc) is 2.71. The molecule has 0 N–H and O–H groups in total. The first-order chi connectivity index (χ1) is 9.06. The molecule has 0 unspecified atom stereocenters. The standard InChI is InChI=1S/C13H19NO5/c1-14-13(7-5-4-6-8-13)9(11(15)17-2)10(19-14)12(16)18-3/h4-8H2,1-3H3. The van der Waals surface area contributed by atoms with Gasteiger partial charge in [0.1, 0.15) is 5.57 Å². The Morgan fingerprint density at radius 2 is 1.68 bits per heavy atom. The zero-order chi connectivity index (χ0) is 14.0. The number of hydrogen-bond acceptors (Lipinski definition) is 6. The fraction of sp³-hybridized carbons (Fsp3) is 0.692. The van der Waals surface area contributed by atoms with Crippen LogP contribution in [0.25, 0.3) is 0 Å². The topological polar surface area (TPSA) is 65.1 Å². The van der Waals surface area contributed by atoms with Crippen molar-refractivity contribution in [2.24, 2.45) is 0 Å². The Bertz CT molecular complexity index is 423. The van der Waals surface area contributed by atoms with Crippen LogP contribution in [0.2, 0.25) is 0 Å². The van der Waals surface area contributed by atoms with E-state index in [0.717, 1.165) is 32.1 Å². The fourth-order valence-electron chi connectivity index (χ4n) is 2.96. The molecular weight excluding hydrogens is 250 g/mol. The van der Waals surface area contributed by atoms with Gasteiger partial charge in [0.15, 0.2) is 0 Å². The minimum Gasteiger partial charge on any atom is -0.465 e. The zero-order valence-electron chi connectivity index (χ0n) is 11.5. The summed E-state index contributed by atoms with van der Waals surface area (Å²) in [7, 11) is 4.31. The van der Waals surface area contributed by atoms with Crippen molar-refractivity contribution in [2.75, 3.05) is 21.3 Å². The van der Waals surface area contributed by atoms with Crippen LogP contribution in [-0.2, 0) is 23.9 Å². The van der Waals surface area contributed by atoms with Gasteiger partial charge in [-0.15, -0.1) is 5.06 Å². The first-order valence-electron chi connectivity index (χ1n) is 6.40. The number of esters is 2. The maximum absolute atomic E-state index is 12.1. The van der Waals surface area contributed by atoms with Gasteiger partial charge in [-0.3, -0.25) is 0 Å². The van der Waals surface area contributed by atoms with E-state index in [1.54, 1.807) is 12.1 Å². The molecule has 1 spiro atoms. The molecule has 0 atom stereocenters. The summed E-state index contributed by atoms with van der Waals surface area (Å²) in [5.74, 6) is -1.21. The second kappa shape index (κ2) is 5.21. The quantitative estimate of drug-likeness (QED) is 0.701. The van der Waals surface area contributed by atoms with Gasteiger partial charge in [0, 0.05) is 7.05 Å². The molecule has 1 aliphatic carbocycles. The normalized spacial score (nSPS) is 22.3. The maximum atomic E-state index is 12.1. The van der Waals surface area contributed by atoms with Crippen molar-refractivity contribution < 1.29 is 23.9 Å². The van der Waals surface area contributed by atoms with E-state index in [1.165, 1.54) is 14.2 Å². The highest BCUT2D eigenvalue weighted by atomic mass is 16.7. The van der Waals surface area contributed by atoms with Crippen molar-refractivity contribution in [2.45, 2.75) is 37.6 Å². The van der Waals surface area contributed by atoms with Crippen LogP contribution in [0.5, 0.6) is 0 Å². The molecule has 1 aliphatic heterocycles. The molecule has 2 rings (SSSR count). The number of likely N-dealkylation sites (N-methyl/N-ethyl adjacent to an activating group) is 1. The van der Waals surface area contributed by atoms with E-state index in [4.69, 9.17) is 9.57 Å². The summed E-state index contributed by atoms with van der Waals surface area (Å²) >= 11 is 0. The summed E-state index contributed by atoms with van der Waals surface area (Å²) in [6, 6.07) is 0. The third-order valence-electron chi connectivity index (χ3n) is 3.96. The highest BCUT2D eigenvalue weighted by Gasteiger charge is 2.53. The van der Waals surface area contributed by atoms with Gasteiger partial charge in [0.05, 0.1) is 19.8 Å². The first kappa shape index (κ1) is 13.9. The SMILES string of the molecule is COC(=O)C1=C(C(=O)OC)C2(CCCCC2)N(C)O1. The van der Waals surface area contributed by atoms with Gasteiger partial charge < -0.3 is 14.3 Å². The highest BCUT2D eigenvalue weighted by Crippen LogP contribution is 2.45. The van der Waals surface area contributed by atoms with Crippen molar-refractivity contribution in [3.63, 3.8) is 0 Å². The highest BCUT2D eigenvalue weighted by molar-refractivity contribution is 6.01. The lowest BCUT2D eigenvalue weighted by molar-refractivity contribution is -0.165. The Morgan fingerprint density at radius 1 is 1.11 bits per heavy atom. The molecule has 1 saturated carbocycles. The Labute approximate surface area is 112 Å². The molecule has 2 aliphatic rings. The molecule has 0 radical (unpaired) electrons. The van der Waals surface area contributed by atoms with Gasteiger partial charge in [-0.1, -0.05) is 19.3 Å². The summed E-state index contributed by atoms with van der Waals surface area (Å²) in [5.41, 5.74) is -0.265. The lowest BCUT2D eigenvalue weighted by atomic mass is 9.76. The van der Waals surface area contributed by atoms with E-state index in [0.29, 0.717) is 5.57 Å². The number of ether oxygens (including phenoxy) is 2. The Hall–Kier alpha value is -1.56. The van der Waals surface area contributed by atoms with Gasteiger partial charge in [0.25, 0.3) is 0 Å². The Morgan fingerprint density at radius 3 is 2.21 bits per heavy atom. The number of methoxy groups -OCH3 is 2. The molecule has 0 aromatic heterocycles. The predicted molar refractivity (Wildman–Crippen MR) is 65.7 cm³/mol. The number of nitrogens with zero attached hydrogens (tertiary/aromatic N) is 1. The van der Waals surface area contributed by atoms with E-state index in [2.05, 4.69) is 4.74 Å². The van der Waals surface area contributed by atoms with E-state index in [-0.39, 0.29) is 5.76 Å². The average molecular weight is 269 g/mol. The number of rotatable bonds is 2. The summed E-state index contributed by atoms with van der Waals surface area (Å²) in [4.78, 5) is 29.3. The third kappa shape index (κ3) is 2.10. The van der Waals surface area contributed by atoms with Gasteiger partial charge in [0.2, 0.25) is 5.76 Å². The minimum absolute atomic E-state index is 0.0428. The molecule has 6 heteroatoms. The lowest BCUT2D eigenvalue weighted by Gasteiger charge is -2.38. The summed E-state index contributed by atoms with van der Waals surface area (Å²) in [5, 5.41) is 1.60. The number of hydroxylamine groups is 2. The number of carbonyl (C=O) groups excluding carboxylic acids is 2. The van der Waals surface area contributed by atoms with Gasteiger partial charge in [-0.2, -0.15) is 0 Å². The summed E-state index contributed by atoms with van der Waals surface area (Å²) < 4.78 is 9.51. The first-order valence-corrected chi connectivity index (χ1v) is 6.40. The molecule has 6 nitrogen and oxygen atoms in total. The molecule has 1 fully saturated rings. The second-order valence-corrected chi connectivity index (χ2v) is 4.87. The molecule has 19 heavy (non-hydrogen) atoms. The summed E-state index contributed by atoms with van der Waals surface area (Å²) in [6.45, 7) is 0. The van der Waals surface area contributed by atoms with Crippen LogP contribution < -0.4 is 0 Å². The van der Waals surface area contributed by atoms with Crippen LogP contribution in [0.1, 0.15) is 32.1 Å². The predicted octanol–water partition coefficient (Wildman–Crippen LogP) is 1.17. The van der Waals surface area contributed by atoms with E-state index in [9.17, 15) is 9.59 Å². The lowest BCUT2D eigenvalue weighted by Crippen LogP contribution is -2.46. The van der Waals surface area contributed by atoms with Crippen molar-refractivity contribution in [3.05, 3.63) is 11.3 Å². The van der Waals surface area contributed by atoms with E-state index >= 15 is 0 Å². The zero-order valence-corrected chi connectivity index (χ0v) is 11.5. The fourth-order valence-corrected chi connectivity index (χ4v) is 2.96. The van der Waals surface area contributed by atoms with Crippen molar-refractivity contribution in [1.82, 2.24) is 5.06 Å². The molecular formula is C13H19NO5. The number of carbonyl (C=O) groups is 2. The monoisotopic (exact) mass is 269 g/mol. The van der Waals surface area contributed by atoms with E-state index in [1.807, 2.05) is 0 Å². The van der Waals surface area contributed by atoms with Crippen molar-refractivity contribution in [3.8, 4) is 0 Å². The molecule has 0 bridgehead atoms. The van der Waals surface area contributed by atoms with Crippen LogP contribution in [0.15, 0.2) is 11.3 Å². The van der Waals surface area contributed by atoms with E-state index < -0.39 is 17.5 Å². The van der Waals surface area contributed by atoms with Gasteiger partial charge >= 0.3 is 11.9 Å². The summed E-state index contributed by atoms with van der Waals surface area (Å²) in [6.07, 6.45) is 4.64. The maximum Gasteiger partial charge on any atom is 0.376 e. The molecule has 0 saturated heterocycles. The number of hydrogen-bond donors (Lipinski definition) is 0. The van der Waals surface area contributed by atoms with Crippen LogP contribution in [0.4, 0.5) is 0 Å². The Kier molecular flexibility index (Phi) is 3.80. The molecule has 0 aromatic rings. The van der Waals surface area contributed by atoms with Crippen LogP contribution in [0.3, 0.4) is 0 Å². The van der Waals surface area contributed by atoms with Gasteiger partial charge in [-0.25, -0.2) is 9.59 Å². The van der Waals surface area contributed by atoms with Crippen LogP contribution in [0, 0.1) is 0 Å². The molecule has 106 valence electrons. The van der Waals surface area contributed by atoms with Crippen molar-refractivity contribution >= 4 is 11.9 Å². The van der Waals surface area contributed by atoms with Crippen LogP contribution >= 0.6 is 0 Å². The molecule has 0 amide bonds. The van der Waals surface area contributed by atoms with Crippen LogP contribution in [-0.4, -0.2) is 43.8 Å². The minimum atomic E-state index is -0.644. The third-order valence-corrected chi connectivity index (χ3v) is 3.96. The molecule has 0 aromatic carbocycles. The van der Waals surface area contributed by atoms with Crippen molar-refractivity contribution in [1.29, 1.82) is 0 Å².